The normalized spacial score (nSPS) is 14.6. The SMILES string of the molecule is CCCN(CC1CC1)c1ccc(C(C)=O)c(O)c1. The number of hydrogen-bond donors (Lipinski definition) is 1. The van der Waals surface area contributed by atoms with Crippen molar-refractivity contribution >= 4 is 11.5 Å². The minimum atomic E-state index is -0.0942. The third kappa shape index (κ3) is 3.03. The molecule has 18 heavy (non-hydrogen) atoms. The Bertz CT molecular complexity index is 438. The molecule has 0 unspecified atom stereocenters. The van der Waals surface area contributed by atoms with Crippen LogP contribution in [-0.2, 0) is 0 Å². The second-order valence-corrected chi connectivity index (χ2v) is 5.15. The first kappa shape index (κ1) is 12.9. The Morgan fingerprint density at radius 2 is 2.17 bits per heavy atom. The minimum Gasteiger partial charge on any atom is -0.507 e. The number of nitrogens with zero attached hydrogens (tertiary/aromatic N) is 1. The van der Waals surface area contributed by atoms with Crippen molar-refractivity contribution in [2.45, 2.75) is 33.1 Å². The van der Waals surface area contributed by atoms with Crippen molar-refractivity contribution in [1.82, 2.24) is 0 Å². The maximum atomic E-state index is 11.3. The molecule has 0 saturated heterocycles. The van der Waals surface area contributed by atoms with Gasteiger partial charge in [0.05, 0.1) is 5.56 Å². The molecule has 0 atom stereocenters. The zero-order chi connectivity index (χ0) is 13.1. The maximum absolute atomic E-state index is 11.3. The van der Waals surface area contributed by atoms with Gasteiger partial charge in [0.15, 0.2) is 5.78 Å². The van der Waals surface area contributed by atoms with E-state index >= 15 is 0 Å². The number of benzene rings is 1. The topological polar surface area (TPSA) is 40.5 Å². The van der Waals surface area contributed by atoms with Crippen LogP contribution in [0.1, 0.15) is 43.5 Å². The van der Waals surface area contributed by atoms with E-state index in [0.717, 1.165) is 31.1 Å². The zero-order valence-corrected chi connectivity index (χ0v) is 11.1. The summed E-state index contributed by atoms with van der Waals surface area (Å²) in [6.45, 7) is 5.69. The second-order valence-electron chi connectivity index (χ2n) is 5.15. The van der Waals surface area contributed by atoms with Gasteiger partial charge in [-0.3, -0.25) is 4.79 Å². The lowest BCUT2D eigenvalue weighted by molar-refractivity contribution is 0.101. The summed E-state index contributed by atoms with van der Waals surface area (Å²) in [5.74, 6) is 0.811. The molecule has 1 fully saturated rings. The molecule has 1 aliphatic rings. The first-order chi connectivity index (χ1) is 8.61. The molecule has 1 aromatic carbocycles. The van der Waals surface area contributed by atoms with Crippen LogP contribution in [0, 0.1) is 5.92 Å². The number of carbonyl (C=O) groups excluding carboxylic acids is 1. The average molecular weight is 247 g/mol. The number of ketones is 1. The molecule has 98 valence electrons. The van der Waals surface area contributed by atoms with Crippen molar-refractivity contribution in [2.24, 2.45) is 5.92 Å². The molecule has 0 aromatic heterocycles. The van der Waals surface area contributed by atoms with E-state index in [4.69, 9.17) is 0 Å². The molecule has 0 amide bonds. The molecule has 3 heteroatoms. The lowest BCUT2D eigenvalue weighted by atomic mass is 10.1. The van der Waals surface area contributed by atoms with Gasteiger partial charge in [-0.25, -0.2) is 0 Å². The first-order valence-electron chi connectivity index (χ1n) is 6.70. The van der Waals surface area contributed by atoms with Gasteiger partial charge in [0.25, 0.3) is 0 Å². The number of aromatic hydroxyl groups is 1. The van der Waals surface area contributed by atoms with Crippen LogP contribution in [0.25, 0.3) is 0 Å². The Hall–Kier alpha value is -1.51. The number of phenolic OH excluding ortho intramolecular Hbond substituents is 1. The van der Waals surface area contributed by atoms with E-state index in [0.29, 0.717) is 5.56 Å². The molecule has 0 spiro atoms. The number of anilines is 1. The molecule has 0 heterocycles. The highest BCUT2D eigenvalue weighted by molar-refractivity contribution is 5.97. The molecular weight excluding hydrogens is 226 g/mol. The molecule has 1 saturated carbocycles. The molecule has 0 aliphatic heterocycles. The van der Waals surface area contributed by atoms with E-state index in [1.54, 1.807) is 12.1 Å². The van der Waals surface area contributed by atoms with E-state index in [1.165, 1.54) is 19.8 Å². The standard InChI is InChI=1S/C15H21NO2/c1-3-8-16(10-12-4-5-12)13-6-7-14(11(2)17)15(18)9-13/h6-7,9,12,18H,3-5,8,10H2,1-2H3. The summed E-state index contributed by atoms with van der Waals surface area (Å²) < 4.78 is 0. The van der Waals surface area contributed by atoms with Crippen LogP contribution in [-0.4, -0.2) is 24.0 Å². The molecule has 1 N–H and O–H groups in total. The Morgan fingerprint density at radius 3 is 2.67 bits per heavy atom. The van der Waals surface area contributed by atoms with Crippen LogP contribution in [0.2, 0.25) is 0 Å². The van der Waals surface area contributed by atoms with Gasteiger partial charge in [-0.2, -0.15) is 0 Å². The van der Waals surface area contributed by atoms with Crippen molar-refractivity contribution in [3.8, 4) is 5.75 Å². The van der Waals surface area contributed by atoms with Gasteiger partial charge in [0, 0.05) is 24.8 Å². The van der Waals surface area contributed by atoms with Crippen molar-refractivity contribution in [2.75, 3.05) is 18.0 Å². The van der Waals surface area contributed by atoms with Crippen LogP contribution < -0.4 is 4.90 Å². The maximum Gasteiger partial charge on any atom is 0.163 e. The van der Waals surface area contributed by atoms with Crippen LogP contribution in [0.3, 0.4) is 0 Å². The van der Waals surface area contributed by atoms with E-state index < -0.39 is 0 Å². The smallest absolute Gasteiger partial charge is 0.163 e. The summed E-state index contributed by atoms with van der Waals surface area (Å²) in [6.07, 6.45) is 3.72. The third-order valence-corrected chi connectivity index (χ3v) is 3.39. The van der Waals surface area contributed by atoms with Gasteiger partial charge in [0.2, 0.25) is 0 Å². The molecule has 0 bridgehead atoms. The second kappa shape index (κ2) is 5.42. The third-order valence-electron chi connectivity index (χ3n) is 3.39. The minimum absolute atomic E-state index is 0.0942. The lowest BCUT2D eigenvalue weighted by Gasteiger charge is -2.24. The summed E-state index contributed by atoms with van der Waals surface area (Å²) >= 11 is 0. The van der Waals surface area contributed by atoms with E-state index in [1.807, 2.05) is 6.07 Å². The fourth-order valence-electron chi connectivity index (χ4n) is 2.22. The van der Waals surface area contributed by atoms with Gasteiger partial charge < -0.3 is 10.0 Å². The van der Waals surface area contributed by atoms with Gasteiger partial charge in [-0.1, -0.05) is 6.92 Å². The molecule has 2 rings (SSSR count). The van der Waals surface area contributed by atoms with Gasteiger partial charge in [-0.15, -0.1) is 0 Å². The summed E-state index contributed by atoms with van der Waals surface area (Å²) in [4.78, 5) is 13.6. The van der Waals surface area contributed by atoms with Crippen LogP contribution in [0.5, 0.6) is 5.75 Å². The molecule has 0 radical (unpaired) electrons. The number of phenols is 1. The quantitative estimate of drug-likeness (QED) is 0.785. The van der Waals surface area contributed by atoms with Crippen molar-refractivity contribution in [3.63, 3.8) is 0 Å². The first-order valence-corrected chi connectivity index (χ1v) is 6.70. The highest BCUT2D eigenvalue weighted by Crippen LogP contribution is 2.33. The van der Waals surface area contributed by atoms with Crippen molar-refractivity contribution in [1.29, 1.82) is 0 Å². The summed E-state index contributed by atoms with van der Waals surface area (Å²) in [6, 6.07) is 5.38. The molecule has 1 aliphatic carbocycles. The number of Topliss-reactive ketones (excluding diaryl/α,β-unsaturated/α-hetero) is 1. The van der Waals surface area contributed by atoms with Crippen LogP contribution in [0.15, 0.2) is 18.2 Å². The number of hydrogen-bond acceptors (Lipinski definition) is 3. The monoisotopic (exact) mass is 247 g/mol. The highest BCUT2D eigenvalue weighted by atomic mass is 16.3. The zero-order valence-electron chi connectivity index (χ0n) is 11.1. The van der Waals surface area contributed by atoms with Gasteiger partial charge in [-0.05, 0) is 44.2 Å². The van der Waals surface area contributed by atoms with Crippen molar-refractivity contribution < 1.29 is 9.90 Å². The van der Waals surface area contributed by atoms with Crippen LogP contribution in [0.4, 0.5) is 5.69 Å². The van der Waals surface area contributed by atoms with E-state index in [9.17, 15) is 9.90 Å². The summed E-state index contributed by atoms with van der Waals surface area (Å²) in [5, 5.41) is 9.88. The predicted molar refractivity (Wildman–Crippen MR) is 73.3 cm³/mol. The number of rotatable bonds is 6. The Kier molecular flexibility index (Phi) is 3.90. The fraction of sp³-hybridized carbons (Fsp3) is 0.533. The molecule has 3 nitrogen and oxygen atoms in total. The Labute approximate surface area is 108 Å². The predicted octanol–water partition coefficient (Wildman–Crippen LogP) is 3.22. The van der Waals surface area contributed by atoms with Crippen LogP contribution >= 0.6 is 0 Å². The van der Waals surface area contributed by atoms with Gasteiger partial charge in [0.1, 0.15) is 5.75 Å². The fourth-order valence-corrected chi connectivity index (χ4v) is 2.22. The Balaban J connectivity index is 2.18. The van der Waals surface area contributed by atoms with E-state index in [-0.39, 0.29) is 11.5 Å². The average Bonchev–Trinajstić information content (AvgIpc) is 3.11. The summed E-state index contributed by atoms with van der Waals surface area (Å²) in [7, 11) is 0. The van der Waals surface area contributed by atoms with Crippen molar-refractivity contribution in [3.05, 3.63) is 23.8 Å². The summed E-state index contributed by atoms with van der Waals surface area (Å²) in [5.41, 5.74) is 1.42. The number of carbonyl (C=O) groups is 1. The van der Waals surface area contributed by atoms with E-state index in [2.05, 4.69) is 11.8 Å². The Morgan fingerprint density at radius 1 is 1.44 bits per heavy atom. The molecule has 1 aromatic rings. The largest absolute Gasteiger partial charge is 0.507 e. The highest BCUT2D eigenvalue weighted by Gasteiger charge is 2.24. The molecular formula is C15H21NO2. The lowest BCUT2D eigenvalue weighted by Crippen LogP contribution is -2.26. The van der Waals surface area contributed by atoms with Gasteiger partial charge >= 0.3 is 0 Å².